The van der Waals surface area contributed by atoms with Crippen LogP contribution in [0.4, 0.5) is 0 Å². The standard InChI is InChI=1S/C21H29N3O10/c25-16(2-1-9-23-17(26)3-4-18(23)27)22-8-11-32-13-15-33-14-12-31-10-7-21(30)34-24-19(28)5-6-20(24)29/h3-4H,1-2,5-15H2,(H,22,25). The predicted molar refractivity (Wildman–Crippen MR) is 112 cm³/mol. The Morgan fingerprint density at radius 3 is 1.97 bits per heavy atom. The molecule has 0 aromatic rings. The maximum Gasteiger partial charge on any atom is 0.335 e. The molecular formula is C21H29N3O10. The number of amides is 5. The molecule has 1 N–H and O–H groups in total. The van der Waals surface area contributed by atoms with Crippen molar-refractivity contribution in [3.8, 4) is 0 Å². The van der Waals surface area contributed by atoms with E-state index in [1.165, 1.54) is 12.2 Å². The maximum absolute atomic E-state index is 11.7. The van der Waals surface area contributed by atoms with Crippen LogP contribution >= 0.6 is 0 Å². The molecule has 1 fully saturated rings. The zero-order valence-electron chi connectivity index (χ0n) is 18.8. The number of hydrogen-bond donors (Lipinski definition) is 1. The summed E-state index contributed by atoms with van der Waals surface area (Å²) in [6.45, 7) is 2.09. The van der Waals surface area contributed by atoms with Gasteiger partial charge < -0.3 is 24.4 Å². The van der Waals surface area contributed by atoms with Crippen molar-refractivity contribution in [1.29, 1.82) is 0 Å². The third-order valence-electron chi connectivity index (χ3n) is 4.65. The smallest absolute Gasteiger partial charge is 0.335 e. The van der Waals surface area contributed by atoms with E-state index < -0.39 is 17.8 Å². The minimum Gasteiger partial charge on any atom is -0.378 e. The summed E-state index contributed by atoms with van der Waals surface area (Å²) in [5, 5.41) is 3.18. The van der Waals surface area contributed by atoms with E-state index >= 15 is 0 Å². The highest BCUT2D eigenvalue weighted by molar-refractivity contribution is 6.12. The molecule has 188 valence electrons. The minimum absolute atomic E-state index is 0.0453. The molecule has 2 aliphatic heterocycles. The summed E-state index contributed by atoms with van der Waals surface area (Å²) >= 11 is 0. The molecule has 0 saturated carbocycles. The summed E-state index contributed by atoms with van der Waals surface area (Å²) < 4.78 is 15.9. The summed E-state index contributed by atoms with van der Waals surface area (Å²) in [5.74, 6) is -2.68. The average molecular weight is 483 g/mol. The fourth-order valence-electron chi connectivity index (χ4n) is 2.90. The Bertz CT molecular complexity index is 764. The fourth-order valence-corrected chi connectivity index (χ4v) is 2.90. The Labute approximate surface area is 196 Å². The van der Waals surface area contributed by atoms with Gasteiger partial charge in [0.2, 0.25) is 5.91 Å². The number of rotatable bonds is 17. The molecule has 0 spiro atoms. The number of ether oxygens (including phenoxy) is 3. The molecule has 13 heteroatoms. The van der Waals surface area contributed by atoms with Crippen LogP contribution in [0.3, 0.4) is 0 Å². The number of nitrogens with one attached hydrogen (secondary N) is 1. The molecule has 34 heavy (non-hydrogen) atoms. The molecule has 5 amide bonds. The van der Waals surface area contributed by atoms with Crippen molar-refractivity contribution in [2.75, 3.05) is 52.7 Å². The highest BCUT2D eigenvalue weighted by Crippen LogP contribution is 2.12. The first-order chi connectivity index (χ1) is 16.4. The third-order valence-corrected chi connectivity index (χ3v) is 4.65. The highest BCUT2D eigenvalue weighted by Gasteiger charge is 2.32. The zero-order chi connectivity index (χ0) is 24.8. The van der Waals surface area contributed by atoms with Gasteiger partial charge in [-0.05, 0) is 6.42 Å². The number of carbonyl (C=O) groups excluding carboxylic acids is 6. The number of hydroxylamine groups is 2. The molecule has 0 atom stereocenters. The lowest BCUT2D eigenvalue weighted by atomic mass is 10.3. The second-order valence-corrected chi connectivity index (χ2v) is 7.25. The van der Waals surface area contributed by atoms with E-state index in [9.17, 15) is 28.8 Å². The highest BCUT2D eigenvalue weighted by atomic mass is 16.7. The van der Waals surface area contributed by atoms with Gasteiger partial charge in [0, 0.05) is 44.5 Å². The first-order valence-corrected chi connectivity index (χ1v) is 11.0. The van der Waals surface area contributed by atoms with Crippen LogP contribution in [0.25, 0.3) is 0 Å². The molecule has 0 radical (unpaired) electrons. The molecule has 2 aliphatic rings. The fraction of sp³-hybridized carbons (Fsp3) is 0.619. The lowest BCUT2D eigenvalue weighted by molar-refractivity contribution is -0.198. The maximum atomic E-state index is 11.7. The Hall–Kier alpha value is -3.16. The van der Waals surface area contributed by atoms with Crippen molar-refractivity contribution in [1.82, 2.24) is 15.3 Å². The number of hydrogen-bond acceptors (Lipinski definition) is 10. The average Bonchev–Trinajstić information content (AvgIpc) is 3.30. The molecular weight excluding hydrogens is 454 g/mol. The van der Waals surface area contributed by atoms with Gasteiger partial charge in [0.05, 0.1) is 46.1 Å². The minimum atomic E-state index is -0.723. The summed E-state index contributed by atoms with van der Waals surface area (Å²) in [5.41, 5.74) is 0. The Balaban J connectivity index is 1.32. The van der Waals surface area contributed by atoms with E-state index in [0.29, 0.717) is 37.8 Å². The van der Waals surface area contributed by atoms with E-state index in [4.69, 9.17) is 19.0 Å². The number of imide groups is 2. The molecule has 1 saturated heterocycles. The summed E-state index contributed by atoms with van der Waals surface area (Å²) in [4.78, 5) is 74.5. The van der Waals surface area contributed by atoms with E-state index in [-0.39, 0.29) is 69.8 Å². The van der Waals surface area contributed by atoms with Crippen LogP contribution in [0.2, 0.25) is 0 Å². The largest absolute Gasteiger partial charge is 0.378 e. The van der Waals surface area contributed by atoms with Crippen LogP contribution in [-0.4, -0.2) is 98.2 Å². The van der Waals surface area contributed by atoms with E-state index in [1.807, 2.05) is 0 Å². The van der Waals surface area contributed by atoms with Crippen LogP contribution in [0, 0.1) is 0 Å². The first kappa shape index (κ1) is 27.1. The van der Waals surface area contributed by atoms with Crippen molar-refractivity contribution >= 4 is 35.5 Å². The van der Waals surface area contributed by atoms with Gasteiger partial charge in [-0.15, -0.1) is 5.06 Å². The van der Waals surface area contributed by atoms with Gasteiger partial charge in [-0.1, -0.05) is 0 Å². The van der Waals surface area contributed by atoms with Gasteiger partial charge in [-0.3, -0.25) is 28.9 Å². The molecule has 0 unspecified atom stereocenters. The molecule has 2 heterocycles. The molecule has 0 bridgehead atoms. The molecule has 0 aromatic heterocycles. The third kappa shape index (κ3) is 9.77. The van der Waals surface area contributed by atoms with Gasteiger partial charge in [-0.2, -0.15) is 0 Å². The summed E-state index contributed by atoms with van der Waals surface area (Å²) in [6.07, 6.45) is 3.00. The SMILES string of the molecule is O=C(CCCN1C(=O)C=CC1=O)NCCOCCOCCOCCC(=O)ON1C(=O)CCC1=O. The van der Waals surface area contributed by atoms with Crippen LogP contribution in [-0.2, 0) is 47.8 Å². The molecule has 13 nitrogen and oxygen atoms in total. The Morgan fingerprint density at radius 2 is 1.35 bits per heavy atom. The molecule has 2 rings (SSSR count). The van der Waals surface area contributed by atoms with Gasteiger partial charge in [0.25, 0.3) is 23.6 Å². The Morgan fingerprint density at radius 1 is 0.794 bits per heavy atom. The zero-order valence-corrected chi connectivity index (χ0v) is 18.8. The topological polar surface area (TPSA) is 158 Å². The van der Waals surface area contributed by atoms with Crippen LogP contribution < -0.4 is 5.32 Å². The van der Waals surface area contributed by atoms with Gasteiger partial charge in [0.1, 0.15) is 0 Å². The second kappa shape index (κ2) is 14.9. The van der Waals surface area contributed by atoms with Gasteiger partial charge >= 0.3 is 5.97 Å². The molecule has 0 aromatic carbocycles. The quantitative estimate of drug-likeness (QED) is 0.198. The van der Waals surface area contributed by atoms with Crippen molar-refractivity contribution in [3.05, 3.63) is 12.2 Å². The van der Waals surface area contributed by atoms with Crippen molar-refractivity contribution in [2.24, 2.45) is 0 Å². The van der Waals surface area contributed by atoms with Crippen molar-refractivity contribution in [3.63, 3.8) is 0 Å². The lowest BCUT2D eigenvalue weighted by Gasteiger charge is -2.13. The van der Waals surface area contributed by atoms with Crippen LogP contribution in [0.15, 0.2) is 12.2 Å². The van der Waals surface area contributed by atoms with E-state index in [1.54, 1.807) is 0 Å². The number of nitrogens with zero attached hydrogens (tertiary/aromatic N) is 2. The summed E-state index contributed by atoms with van der Waals surface area (Å²) in [7, 11) is 0. The lowest BCUT2D eigenvalue weighted by Crippen LogP contribution is -2.32. The Kier molecular flexibility index (Phi) is 11.9. The molecule has 0 aliphatic carbocycles. The first-order valence-electron chi connectivity index (χ1n) is 11.0. The van der Waals surface area contributed by atoms with E-state index in [0.717, 1.165) is 4.90 Å². The van der Waals surface area contributed by atoms with Crippen molar-refractivity contribution in [2.45, 2.75) is 32.1 Å². The second-order valence-electron chi connectivity index (χ2n) is 7.25. The van der Waals surface area contributed by atoms with Crippen LogP contribution in [0.5, 0.6) is 0 Å². The van der Waals surface area contributed by atoms with Crippen LogP contribution in [0.1, 0.15) is 32.1 Å². The monoisotopic (exact) mass is 483 g/mol. The van der Waals surface area contributed by atoms with E-state index in [2.05, 4.69) is 5.32 Å². The van der Waals surface area contributed by atoms with Gasteiger partial charge in [0.15, 0.2) is 0 Å². The van der Waals surface area contributed by atoms with Crippen molar-refractivity contribution < 1.29 is 47.8 Å². The summed E-state index contributed by atoms with van der Waals surface area (Å²) in [6, 6.07) is 0. The normalized spacial score (nSPS) is 15.5. The predicted octanol–water partition coefficient (Wildman–Crippen LogP) is -1.15. The van der Waals surface area contributed by atoms with Gasteiger partial charge in [-0.25, -0.2) is 4.79 Å². The number of carbonyl (C=O) groups is 6.